The van der Waals surface area contributed by atoms with Gasteiger partial charge in [0.05, 0.1) is 5.69 Å². The molecule has 5 heterocycles. The lowest BCUT2D eigenvalue weighted by atomic mass is 9.90. The summed E-state index contributed by atoms with van der Waals surface area (Å²) < 4.78 is 15.6. The fraction of sp³-hybridized carbons (Fsp3) is 0.353. The third-order valence-corrected chi connectivity index (χ3v) is 10.1. The lowest BCUT2D eigenvalue weighted by Gasteiger charge is -2.32. The van der Waals surface area contributed by atoms with Crippen molar-refractivity contribution in [1.29, 1.82) is 5.26 Å². The number of Topliss-reactive ketones (excluding diaryl/α,β-unsaturated/α-hetero) is 1. The number of anilines is 3. The number of nitrogens with zero attached hydrogens (tertiary/aromatic N) is 8. The number of carbonyl (C=O) groups is 1. The quantitative estimate of drug-likeness (QED) is 0.209. The number of aromatic nitrogens is 5. The number of piperidine rings is 1. The number of aliphatic hydroxyl groups is 1. The van der Waals surface area contributed by atoms with Crippen LogP contribution in [0.3, 0.4) is 0 Å². The highest BCUT2D eigenvalue weighted by Crippen LogP contribution is 2.39. The Kier molecular flexibility index (Phi) is 7.74. The Balaban J connectivity index is 1.12. The molecule has 7 rings (SSSR count). The van der Waals surface area contributed by atoms with Crippen LogP contribution in [0.1, 0.15) is 49.6 Å². The number of aryl methyl sites for hydroxylation is 1. The topological polar surface area (TPSA) is 124 Å². The van der Waals surface area contributed by atoms with E-state index in [9.17, 15) is 19.6 Å². The molecule has 1 aliphatic heterocycles. The number of hydrogen-bond acceptors (Lipinski definition) is 10. The van der Waals surface area contributed by atoms with E-state index in [0.29, 0.717) is 58.8 Å². The molecule has 0 bridgehead atoms. The van der Waals surface area contributed by atoms with E-state index in [1.54, 1.807) is 12.1 Å². The summed E-state index contributed by atoms with van der Waals surface area (Å²) in [5.41, 5.74) is 3.62. The summed E-state index contributed by atoms with van der Waals surface area (Å²) in [4.78, 5) is 35.9. The van der Waals surface area contributed by atoms with Gasteiger partial charge in [-0.2, -0.15) is 5.26 Å². The normalized spacial score (nSPS) is 16.0. The third kappa shape index (κ3) is 5.61. The lowest BCUT2D eigenvalue weighted by molar-refractivity contribution is -0.130. The Morgan fingerprint density at radius 1 is 1.09 bits per heavy atom. The molecular weight excluding hydrogens is 603 g/mol. The number of carbonyl (C=O) groups excluding carboxylic acids is 1. The summed E-state index contributed by atoms with van der Waals surface area (Å²) in [6, 6.07) is 12.2. The van der Waals surface area contributed by atoms with Gasteiger partial charge >= 0.3 is 0 Å². The van der Waals surface area contributed by atoms with Crippen molar-refractivity contribution in [3.05, 3.63) is 71.4 Å². The second kappa shape index (κ2) is 11.9. The van der Waals surface area contributed by atoms with Gasteiger partial charge in [0.2, 0.25) is 5.95 Å². The molecule has 0 atom stereocenters. The molecule has 5 aromatic rings. The fourth-order valence-electron chi connectivity index (χ4n) is 6.09. The van der Waals surface area contributed by atoms with Gasteiger partial charge in [0.1, 0.15) is 39.5 Å². The molecule has 234 valence electrons. The molecule has 0 spiro atoms. The van der Waals surface area contributed by atoms with Gasteiger partial charge < -0.3 is 14.9 Å². The summed E-state index contributed by atoms with van der Waals surface area (Å²) >= 11 is 1.28. The van der Waals surface area contributed by atoms with Crippen molar-refractivity contribution < 1.29 is 14.3 Å². The van der Waals surface area contributed by atoms with E-state index in [0.717, 1.165) is 54.2 Å². The Labute approximate surface area is 269 Å². The van der Waals surface area contributed by atoms with E-state index in [1.807, 2.05) is 47.1 Å². The molecule has 0 radical (unpaired) electrons. The lowest BCUT2D eigenvalue weighted by Crippen LogP contribution is -2.36. The molecule has 2 aliphatic rings. The summed E-state index contributed by atoms with van der Waals surface area (Å²) in [5.74, 6) is 1.45. The van der Waals surface area contributed by atoms with Crippen molar-refractivity contribution in [1.82, 2.24) is 24.3 Å². The highest BCUT2D eigenvalue weighted by Gasteiger charge is 2.47. The maximum absolute atomic E-state index is 13.5. The summed E-state index contributed by atoms with van der Waals surface area (Å²) in [6.07, 6.45) is 9.78. The van der Waals surface area contributed by atoms with Crippen LogP contribution < -0.4 is 9.80 Å². The molecule has 12 heteroatoms. The minimum absolute atomic E-state index is 0.00450. The Hall–Kier alpha value is -4.73. The van der Waals surface area contributed by atoms with Gasteiger partial charge in [-0.3, -0.25) is 9.20 Å². The molecular formula is C34H33FN8O2S. The monoisotopic (exact) mass is 636 g/mol. The van der Waals surface area contributed by atoms with Gasteiger partial charge in [-0.1, -0.05) is 18.3 Å². The van der Waals surface area contributed by atoms with E-state index >= 15 is 0 Å². The van der Waals surface area contributed by atoms with Crippen LogP contribution in [0.25, 0.3) is 28.0 Å². The van der Waals surface area contributed by atoms with Crippen LogP contribution in [0, 0.1) is 23.1 Å². The van der Waals surface area contributed by atoms with Gasteiger partial charge in [-0.15, -0.1) is 0 Å². The number of hydrogen-bond donors (Lipinski definition) is 1. The molecule has 0 amide bonds. The number of benzene rings is 1. The van der Waals surface area contributed by atoms with Crippen molar-refractivity contribution >= 4 is 39.7 Å². The van der Waals surface area contributed by atoms with Crippen LogP contribution in [-0.4, -0.2) is 61.0 Å². The minimum atomic E-state index is -1.04. The first-order valence-electron chi connectivity index (χ1n) is 15.5. The van der Waals surface area contributed by atoms with E-state index < -0.39 is 5.60 Å². The van der Waals surface area contributed by atoms with Gasteiger partial charge in [-0.05, 0) is 74.4 Å². The first kappa shape index (κ1) is 30.0. The van der Waals surface area contributed by atoms with Crippen molar-refractivity contribution in [3.63, 3.8) is 0 Å². The number of pyridine rings is 1. The second-order valence-corrected chi connectivity index (χ2v) is 13.1. The fourth-order valence-corrected chi connectivity index (χ4v) is 6.93. The van der Waals surface area contributed by atoms with Crippen LogP contribution in [0.15, 0.2) is 55.0 Å². The summed E-state index contributed by atoms with van der Waals surface area (Å²) in [5, 5.41) is 20.6. The highest BCUT2D eigenvalue weighted by molar-refractivity contribution is 7.16. The summed E-state index contributed by atoms with van der Waals surface area (Å²) in [6.45, 7) is 3.61. The molecule has 0 unspecified atom stereocenters. The maximum atomic E-state index is 13.5. The van der Waals surface area contributed by atoms with Gasteiger partial charge in [0.15, 0.2) is 10.9 Å². The largest absolute Gasteiger partial charge is 0.382 e. The number of rotatable bonds is 9. The Morgan fingerprint density at radius 3 is 2.43 bits per heavy atom. The Morgan fingerprint density at radius 2 is 1.78 bits per heavy atom. The zero-order chi connectivity index (χ0) is 32.0. The van der Waals surface area contributed by atoms with Crippen LogP contribution in [0.2, 0.25) is 0 Å². The number of fused-ring (bicyclic) bond motifs is 1. The van der Waals surface area contributed by atoms with Gasteiger partial charge in [0, 0.05) is 61.8 Å². The SMILES string of the molecule is CCc1nc2ccc(-c3cnc(N4CCC(CC(=O)C5(O)CC5)CC4)nc3)cn2c1N(C)c1nc(-c2ccc(F)cc2)c(C#N)s1. The third-order valence-electron chi connectivity index (χ3n) is 9.02. The molecule has 2 fully saturated rings. The maximum Gasteiger partial charge on any atom is 0.225 e. The molecule has 1 N–H and O–H groups in total. The van der Waals surface area contributed by atoms with Crippen molar-refractivity contribution in [2.75, 3.05) is 29.9 Å². The molecule has 46 heavy (non-hydrogen) atoms. The highest BCUT2D eigenvalue weighted by atomic mass is 32.1. The van der Waals surface area contributed by atoms with Gasteiger partial charge in [0.25, 0.3) is 0 Å². The molecule has 1 saturated carbocycles. The van der Waals surface area contributed by atoms with Crippen LogP contribution in [-0.2, 0) is 11.2 Å². The number of ketones is 1. The minimum Gasteiger partial charge on any atom is -0.382 e. The first-order valence-corrected chi connectivity index (χ1v) is 16.3. The predicted octanol–water partition coefficient (Wildman–Crippen LogP) is 5.96. The molecule has 1 saturated heterocycles. The van der Waals surface area contributed by atoms with E-state index in [1.165, 1.54) is 23.5 Å². The molecule has 4 aromatic heterocycles. The van der Waals surface area contributed by atoms with Crippen molar-refractivity contribution in [3.8, 4) is 28.5 Å². The number of nitriles is 1. The van der Waals surface area contributed by atoms with E-state index in [-0.39, 0.29) is 11.6 Å². The second-order valence-electron chi connectivity index (χ2n) is 12.1. The van der Waals surface area contributed by atoms with E-state index in [4.69, 9.17) is 9.97 Å². The molecule has 1 aliphatic carbocycles. The summed E-state index contributed by atoms with van der Waals surface area (Å²) in [7, 11) is 1.91. The van der Waals surface area contributed by atoms with Crippen LogP contribution >= 0.6 is 11.3 Å². The van der Waals surface area contributed by atoms with E-state index in [2.05, 4.69) is 27.9 Å². The standard InChI is InChI=1S/C34H33FN8O2S/c1-3-26-31(41(2)33-40-30(27(17-36)46-33)22-4-7-25(35)8-5-22)43-20-23(6-9-29(43)39-26)24-18-37-32(38-19-24)42-14-10-21(11-15-42)16-28(44)34(45)12-13-34/h4-9,18-21,45H,3,10-16H2,1-2H3. The van der Waals surface area contributed by atoms with Crippen LogP contribution in [0.4, 0.5) is 21.3 Å². The van der Waals surface area contributed by atoms with Crippen LogP contribution in [0.5, 0.6) is 0 Å². The number of thiazole rings is 1. The number of imidazole rings is 1. The molecule has 10 nitrogen and oxygen atoms in total. The average molecular weight is 637 g/mol. The molecule has 1 aromatic carbocycles. The Bertz CT molecular complexity index is 1950. The first-order chi connectivity index (χ1) is 22.3. The van der Waals surface area contributed by atoms with Gasteiger partial charge in [-0.25, -0.2) is 24.3 Å². The zero-order valence-corrected chi connectivity index (χ0v) is 26.5. The van der Waals surface area contributed by atoms with Crippen molar-refractivity contribution in [2.45, 2.75) is 51.0 Å². The van der Waals surface area contributed by atoms with Crippen molar-refractivity contribution in [2.24, 2.45) is 5.92 Å². The predicted molar refractivity (Wildman–Crippen MR) is 175 cm³/mol. The zero-order valence-electron chi connectivity index (χ0n) is 25.6. The average Bonchev–Trinajstić information content (AvgIpc) is 3.52. The number of halogens is 1. The smallest absolute Gasteiger partial charge is 0.225 e.